The number of hydrogen-bond donors (Lipinski definition) is 2. The zero-order valence-electron chi connectivity index (χ0n) is 13.4. The molecule has 0 spiro atoms. The Balaban J connectivity index is 1.95. The van der Waals surface area contributed by atoms with E-state index in [-0.39, 0.29) is 11.8 Å². The molecule has 0 aliphatic carbocycles. The average Bonchev–Trinajstić information content (AvgIpc) is 2.50. The summed E-state index contributed by atoms with van der Waals surface area (Å²) in [6.45, 7) is 10.3. The molecule has 2 rings (SSSR count). The molecule has 4 nitrogen and oxygen atoms in total. The number of anilines is 2. The number of hydrogen-bond acceptors (Lipinski definition) is 3. The summed E-state index contributed by atoms with van der Waals surface area (Å²) in [5.41, 5.74) is 2.08. The highest BCUT2D eigenvalue weighted by molar-refractivity contribution is 5.93. The molecule has 116 valence electrons. The van der Waals surface area contributed by atoms with Gasteiger partial charge >= 0.3 is 0 Å². The van der Waals surface area contributed by atoms with Crippen molar-refractivity contribution in [2.45, 2.75) is 27.2 Å². The van der Waals surface area contributed by atoms with E-state index in [2.05, 4.69) is 48.4 Å². The normalized spacial score (nSPS) is 21.9. The zero-order chi connectivity index (χ0) is 15.2. The van der Waals surface area contributed by atoms with Crippen LogP contribution in [0.1, 0.15) is 27.2 Å². The van der Waals surface area contributed by atoms with Crippen LogP contribution in [0.4, 0.5) is 11.4 Å². The first-order valence-corrected chi connectivity index (χ1v) is 8.00. The predicted molar refractivity (Wildman–Crippen MR) is 88.8 cm³/mol. The summed E-state index contributed by atoms with van der Waals surface area (Å²) in [5, 5.41) is 6.36. The van der Waals surface area contributed by atoms with Gasteiger partial charge in [0.05, 0.1) is 5.92 Å². The monoisotopic (exact) mass is 289 g/mol. The van der Waals surface area contributed by atoms with Crippen LogP contribution in [0.15, 0.2) is 24.3 Å². The molecule has 1 heterocycles. The molecule has 2 atom stereocenters. The fourth-order valence-corrected chi connectivity index (χ4v) is 2.94. The number of nitrogens with one attached hydrogen (secondary N) is 2. The van der Waals surface area contributed by atoms with Gasteiger partial charge in [0.1, 0.15) is 0 Å². The third-order valence-electron chi connectivity index (χ3n) is 4.20. The number of rotatable bonds is 5. The highest BCUT2D eigenvalue weighted by atomic mass is 16.1. The van der Waals surface area contributed by atoms with Gasteiger partial charge in [0, 0.05) is 31.0 Å². The van der Waals surface area contributed by atoms with E-state index >= 15 is 0 Å². The lowest BCUT2D eigenvalue weighted by atomic mass is 9.91. The molecule has 2 N–H and O–H groups in total. The average molecular weight is 289 g/mol. The van der Waals surface area contributed by atoms with Crippen molar-refractivity contribution in [3.63, 3.8) is 0 Å². The first-order valence-electron chi connectivity index (χ1n) is 8.00. The number of amides is 1. The van der Waals surface area contributed by atoms with Gasteiger partial charge in [0.15, 0.2) is 0 Å². The maximum atomic E-state index is 12.3. The molecule has 0 bridgehead atoms. The molecule has 1 saturated heterocycles. The molecule has 0 radical (unpaired) electrons. The van der Waals surface area contributed by atoms with E-state index in [0.29, 0.717) is 5.92 Å². The van der Waals surface area contributed by atoms with Gasteiger partial charge in [0.25, 0.3) is 0 Å². The second-order valence-corrected chi connectivity index (χ2v) is 5.90. The van der Waals surface area contributed by atoms with Crippen LogP contribution < -0.4 is 15.5 Å². The largest absolute Gasteiger partial charge is 0.372 e. The van der Waals surface area contributed by atoms with E-state index in [1.165, 1.54) is 5.69 Å². The van der Waals surface area contributed by atoms with Gasteiger partial charge in [-0.05, 0) is 57.0 Å². The van der Waals surface area contributed by atoms with Gasteiger partial charge in [-0.2, -0.15) is 0 Å². The van der Waals surface area contributed by atoms with E-state index in [1.807, 2.05) is 12.1 Å². The van der Waals surface area contributed by atoms with Crippen molar-refractivity contribution in [2.24, 2.45) is 11.8 Å². The van der Waals surface area contributed by atoms with Crippen LogP contribution in [-0.4, -0.2) is 32.1 Å². The Bertz CT molecular complexity index is 454. The van der Waals surface area contributed by atoms with Crippen LogP contribution in [0.2, 0.25) is 0 Å². The van der Waals surface area contributed by atoms with Crippen molar-refractivity contribution in [3.05, 3.63) is 24.3 Å². The van der Waals surface area contributed by atoms with Crippen molar-refractivity contribution in [1.82, 2.24) is 5.32 Å². The summed E-state index contributed by atoms with van der Waals surface area (Å²) in [5.74, 6) is 0.778. The maximum Gasteiger partial charge on any atom is 0.228 e. The maximum absolute atomic E-state index is 12.3. The minimum atomic E-state index is 0.0798. The van der Waals surface area contributed by atoms with Crippen molar-refractivity contribution >= 4 is 17.3 Å². The second-order valence-electron chi connectivity index (χ2n) is 5.90. The molecule has 1 aliphatic heterocycles. The number of carbonyl (C=O) groups excluding carboxylic acids is 1. The van der Waals surface area contributed by atoms with Crippen LogP contribution >= 0.6 is 0 Å². The van der Waals surface area contributed by atoms with E-state index < -0.39 is 0 Å². The molecule has 1 aromatic rings. The van der Waals surface area contributed by atoms with E-state index in [9.17, 15) is 4.79 Å². The van der Waals surface area contributed by atoms with Crippen LogP contribution in [0.25, 0.3) is 0 Å². The number of nitrogens with zero attached hydrogens (tertiary/aromatic N) is 1. The van der Waals surface area contributed by atoms with Crippen LogP contribution in [0.5, 0.6) is 0 Å². The molecular weight excluding hydrogens is 262 g/mol. The molecule has 0 saturated carbocycles. The Kier molecular flexibility index (Phi) is 5.62. The molecular formula is C17H27N3O. The molecule has 2 unspecified atom stereocenters. The minimum absolute atomic E-state index is 0.0798. The van der Waals surface area contributed by atoms with Gasteiger partial charge < -0.3 is 15.5 Å². The number of piperidine rings is 1. The van der Waals surface area contributed by atoms with Crippen LogP contribution in [0.3, 0.4) is 0 Å². The Labute approximate surface area is 127 Å². The predicted octanol–water partition coefficient (Wildman–Crippen LogP) is 2.72. The topological polar surface area (TPSA) is 44.4 Å². The summed E-state index contributed by atoms with van der Waals surface area (Å²) in [6.07, 6.45) is 0.969. The SMILES string of the molecule is CCN(CC)c1ccc(NC(=O)C2CNCC(C)C2)cc1. The summed E-state index contributed by atoms with van der Waals surface area (Å²) in [7, 11) is 0. The molecule has 1 amide bonds. The lowest BCUT2D eigenvalue weighted by molar-refractivity contribution is -0.120. The molecule has 21 heavy (non-hydrogen) atoms. The van der Waals surface area contributed by atoms with Gasteiger partial charge in [-0.3, -0.25) is 4.79 Å². The van der Waals surface area contributed by atoms with Crippen LogP contribution in [-0.2, 0) is 4.79 Å². The third kappa shape index (κ3) is 4.21. The lowest BCUT2D eigenvalue weighted by Gasteiger charge is -2.27. The van der Waals surface area contributed by atoms with Gasteiger partial charge in [-0.25, -0.2) is 0 Å². The number of carbonyl (C=O) groups is 1. The quantitative estimate of drug-likeness (QED) is 0.876. The Morgan fingerprint density at radius 1 is 1.24 bits per heavy atom. The lowest BCUT2D eigenvalue weighted by Crippen LogP contribution is -2.40. The van der Waals surface area contributed by atoms with E-state index in [1.54, 1.807) is 0 Å². The second kappa shape index (κ2) is 7.46. The first kappa shape index (κ1) is 15.8. The van der Waals surface area contributed by atoms with Crippen LogP contribution in [0, 0.1) is 11.8 Å². The van der Waals surface area contributed by atoms with Gasteiger partial charge in [-0.15, -0.1) is 0 Å². The Morgan fingerprint density at radius 2 is 1.90 bits per heavy atom. The van der Waals surface area contributed by atoms with Crippen molar-refractivity contribution in [1.29, 1.82) is 0 Å². The van der Waals surface area contributed by atoms with Crippen molar-refractivity contribution in [2.75, 3.05) is 36.4 Å². The minimum Gasteiger partial charge on any atom is -0.372 e. The highest BCUT2D eigenvalue weighted by Gasteiger charge is 2.24. The number of benzene rings is 1. The smallest absolute Gasteiger partial charge is 0.228 e. The fourth-order valence-electron chi connectivity index (χ4n) is 2.94. The molecule has 1 fully saturated rings. The van der Waals surface area contributed by atoms with E-state index in [4.69, 9.17) is 0 Å². The summed E-state index contributed by atoms with van der Waals surface area (Å²) in [6, 6.07) is 8.13. The Hall–Kier alpha value is -1.55. The highest BCUT2D eigenvalue weighted by Crippen LogP contribution is 2.20. The molecule has 4 heteroatoms. The third-order valence-corrected chi connectivity index (χ3v) is 4.20. The fraction of sp³-hybridized carbons (Fsp3) is 0.588. The zero-order valence-corrected chi connectivity index (χ0v) is 13.4. The standard InChI is InChI=1S/C17H27N3O/c1-4-20(5-2)16-8-6-15(7-9-16)19-17(21)14-10-13(3)11-18-12-14/h6-9,13-14,18H,4-5,10-12H2,1-3H3,(H,19,21). The van der Waals surface area contributed by atoms with Crippen molar-refractivity contribution in [3.8, 4) is 0 Å². The first-order chi connectivity index (χ1) is 10.1. The molecule has 1 aliphatic rings. The summed E-state index contributed by atoms with van der Waals surface area (Å²) in [4.78, 5) is 14.6. The summed E-state index contributed by atoms with van der Waals surface area (Å²) < 4.78 is 0. The van der Waals surface area contributed by atoms with Crippen molar-refractivity contribution < 1.29 is 4.79 Å². The van der Waals surface area contributed by atoms with Gasteiger partial charge in [0.2, 0.25) is 5.91 Å². The molecule has 1 aromatic carbocycles. The van der Waals surface area contributed by atoms with Gasteiger partial charge in [-0.1, -0.05) is 6.92 Å². The van der Waals surface area contributed by atoms with E-state index in [0.717, 1.165) is 38.3 Å². The molecule has 0 aromatic heterocycles. The summed E-state index contributed by atoms with van der Waals surface area (Å²) >= 11 is 0. The Morgan fingerprint density at radius 3 is 2.48 bits per heavy atom.